The van der Waals surface area contributed by atoms with Gasteiger partial charge < -0.3 is 10.1 Å². The van der Waals surface area contributed by atoms with Crippen molar-refractivity contribution in [1.29, 1.82) is 0 Å². The molecule has 0 saturated heterocycles. The van der Waals surface area contributed by atoms with Crippen LogP contribution in [0.1, 0.15) is 23.1 Å². The SMILES string of the molecule is CCOc1ccc(-n2nc(C(=O)Nc3ccc(C)c(Cl)c3)nc2-c2cccc(Cl)c2)cc1. The summed E-state index contributed by atoms with van der Waals surface area (Å²) in [6.07, 6.45) is 0. The molecule has 0 unspecified atom stereocenters. The maximum Gasteiger partial charge on any atom is 0.295 e. The molecule has 3 aromatic carbocycles. The average Bonchev–Trinajstić information content (AvgIpc) is 3.23. The zero-order chi connectivity index (χ0) is 22.7. The van der Waals surface area contributed by atoms with Gasteiger partial charge in [0.05, 0.1) is 12.3 Å². The lowest BCUT2D eigenvalue weighted by atomic mass is 10.2. The molecule has 0 aliphatic heterocycles. The Hall–Kier alpha value is -3.35. The van der Waals surface area contributed by atoms with Crippen LogP contribution in [0.15, 0.2) is 66.7 Å². The zero-order valence-electron chi connectivity index (χ0n) is 17.5. The number of nitrogens with zero attached hydrogens (tertiary/aromatic N) is 3. The van der Waals surface area contributed by atoms with Crippen molar-refractivity contribution in [2.24, 2.45) is 0 Å². The third-order valence-electron chi connectivity index (χ3n) is 4.72. The van der Waals surface area contributed by atoms with Gasteiger partial charge in [0.15, 0.2) is 5.82 Å². The lowest BCUT2D eigenvalue weighted by molar-refractivity contribution is 0.101. The van der Waals surface area contributed by atoms with Crippen LogP contribution in [-0.4, -0.2) is 27.3 Å². The van der Waals surface area contributed by atoms with Crippen LogP contribution in [0.25, 0.3) is 17.1 Å². The number of aromatic nitrogens is 3. The number of carbonyl (C=O) groups excluding carboxylic acids is 1. The van der Waals surface area contributed by atoms with Gasteiger partial charge in [0.2, 0.25) is 5.82 Å². The summed E-state index contributed by atoms with van der Waals surface area (Å²) in [4.78, 5) is 17.4. The number of hydrogen-bond donors (Lipinski definition) is 1. The Kier molecular flexibility index (Phi) is 6.44. The molecule has 4 aromatic rings. The molecule has 1 N–H and O–H groups in total. The van der Waals surface area contributed by atoms with Crippen LogP contribution in [-0.2, 0) is 0 Å². The van der Waals surface area contributed by atoms with E-state index in [1.165, 1.54) is 0 Å². The van der Waals surface area contributed by atoms with E-state index in [4.69, 9.17) is 27.9 Å². The molecule has 1 heterocycles. The molecule has 1 amide bonds. The van der Waals surface area contributed by atoms with E-state index in [1.54, 1.807) is 28.9 Å². The maximum atomic E-state index is 12.9. The van der Waals surface area contributed by atoms with Crippen LogP contribution < -0.4 is 10.1 Å². The predicted octanol–water partition coefficient (Wildman–Crippen LogP) is 6.20. The van der Waals surface area contributed by atoms with Gasteiger partial charge in [-0.25, -0.2) is 9.67 Å². The van der Waals surface area contributed by atoms with Crippen molar-refractivity contribution in [3.63, 3.8) is 0 Å². The van der Waals surface area contributed by atoms with Gasteiger partial charge in [-0.15, -0.1) is 5.10 Å². The molecule has 1 aromatic heterocycles. The molecule has 6 nitrogen and oxygen atoms in total. The van der Waals surface area contributed by atoms with Crippen molar-refractivity contribution in [3.05, 3.63) is 88.2 Å². The lowest BCUT2D eigenvalue weighted by Crippen LogP contribution is -2.14. The molecule has 32 heavy (non-hydrogen) atoms. The van der Waals surface area contributed by atoms with Gasteiger partial charge in [-0.2, -0.15) is 0 Å². The third kappa shape index (κ3) is 4.77. The number of benzene rings is 3. The van der Waals surface area contributed by atoms with Crippen molar-refractivity contribution in [2.45, 2.75) is 13.8 Å². The number of aryl methyl sites for hydroxylation is 1. The maximum absolute atomic E-state index is 12.9. The molecule has 162 valence electrons. The highest BCUT2D eigenvalue weighted by Gasteiger charge is 2.19. The molecule has 4 rings (SSSR count). The van der Waals surface area contributed by atoms with E-state index in [0.29, 0.717) is 28.2 Å². The predicted molar refractivity (Wildman–Crippen MR) is 127 cm³/mol. The van der Waals surface area contributed by atoms with Crippen LogP contribution in [0.4, 0.5) is 5.69 Å². The molecule has 0 fully saturated rings. The number of carbonyl (C=O) groups is 1. The minimum Gasteiger partial charge on any atom is -0.494 e. The summed E-state index contributed by atoms with van der Waals surface area (Å²) in [5.74, 6) is 0.807. The second kappa shape index (κ2) is 9.42. The fraction of sp³-hybridized carbons (Fsp3) is 0.125. The Bertz CT molecular complexity index is 1270. The molecule has 0 atom stereocenters. The molecule has 8 heteroatoms. The minimum absolute atomic E-state index is 0.0190. The van der Waals surface area contributed by atoms with Gasteiger partial charge in [0, 0.05) is 21.3 Å². The number of hydrogen-bond acceptors (Lipinski definition) is 4. The van der Waals surface area contributed by atoms with E-state index in [1.807, 2.05) is 56.3 Å². The van der Waals surface area contributed by atoms with Crippen molar-refractivity contribution in [1.82, 2.24) is 14.8 Å². The van der Waals surface area contributed by atoms with Gasteiger partial charge in [-0.3, -0.25) is 4.79 Å². The molecule has 0 aliphatic carbocycles. The first-order chi connectivity index (χ1) is 15.4. The molecule has 0 saturated carbocycles. The molecular weight excluding hydrogens is 447 g/mol. The van der Waals surface area contributed by atoms with Crippen LogP contribution in [0.5, 0.6) is 5.75 Å². The van der Waals surface area contributed by atoms with Gasteiger partial charge >= 0.3 is 0 Å². The topological polar surface area (TPSA) is 69.0 Å². The number of anilines is 1. The van der Waals surface area contributed by atoms with Crippen molar-refractivity contribution in [3.8, 4) is 22.8 Å². The summed E-state index contributed by atoms with van der Waals surface area (Å²) in [7, 11) is 0. The van der Waals surface area contributed by atoms with Crippen LogP contribution in [0, 0.1) is 6.92 Å². The fourth-order valence-corrected chi connectivity index (χ4v) is 3.48. The van der Waals surface area contributed by atoms with Crippen LogP contribution in [0.2, 0.25) is 10.0 Å². The number of ether oxygens (including phenoxy) is 1. The molecule has 0 spiro atoms. The van der Waals surface area contributed by atoms with E-state index in [9.17, 15) is 4.79 Å². The highest BCUT2D eigenvalue weighted by Crippen LogP contribution is 2.26. The van der Waals surface area contributed by atoms with E-state index in [-0.39, 0.29) is 5.82 Å². The number of halogens is 2. The lowest BCUT2D eigenvalue weighted by Gasteiger charge is -2.08. The van der Waals surface area contributed by atoms with E-state index in [2.05, 4.69) is 15.4 Å². The summed E-state index contributed by atoms with van der Waals surface area (Å²) in [5, 5.41) is 8.40. The van der Waals surface area contributed by atoms with Crippen molar-refractivity contribution in [2.75, 3.05) is 11.9 Å². The van der Waals surface area contributed by atoms with Crippen molar-refractivity contribution >= 4 is 34.8 Å². The first-order valence-corrected chi connectivity index (χ1v) is 10.7. The van der Waals surface area contributed by atoms with Crippen molar-refractivity contribution < 1.29 is 9.53 Å². The summed E-state index contributed by atoms with van der Waals surface area (Å²) in [6.45, 7) is 4.39. The number of nitrogens with one attached hydrogen (secondary N) is 1. The summed E-state index contributed by atoms with van der Waals surface area (Å²) in [5.41, 5.74) is 2.95. The Labute approximate surface area is 195 Å². The first-order valence-electron chi connectivity index (χ1n) is 9.98. The molecule has 0 radical (unpaired) electrons. The Morgan fingerprint density at radius 1 is 1.06 bits per heavy atom. The quantitative estimate of drug-likeness (QED) is 0.367. The summed E-state index contributed by atoms with van der Waals surface area (Å²) < 4.78 is 7.13. The highest BCUT2D eigenvalue weighted by atomic mass is 35.5. The normalized spacial score (nSPS) is 10.8. The fourth-order valence-electron chi connectivity index (χ4n) is 3.11. The van der Waals surface area contributed by atoms with Gasteiger partial charge in [-0.05, 0) is 67.9 Å². The van der Waals surface area contributed by atoms with Gasteiger partial charge in [0.25, 0.3) is 5.91 Å². The van der Waals surface area contributed by atoms with Crippen LogP contribution >= 0.6 is 23.2 Å². The van der Waals surface area contributed by atoms with E-state index >= 15 is 0 Å². The second-order valence-electron chi connectivity index (χ2n) is 7.03. The second-order valence-corrected chi connectivity index (χ2v) is 7.87. The summed E-state index contributed by atoms with van der Waals surface area (Å²) in [6, 6.07) is 19.9. The van der Waals surface area contributed by atoms with E-state index < -0.39 is 5.91 Å². The van der Waals surface area contributed by atoms with Gasteiger partial charge in [-0.1, -0.05) is 41.4 Å². The van der Waals surface area contributed by atoms with Crippen LogP contribution in [0.3, 0.4) is 0 Å². The minimum atomic E-state index is -0.446. The largest absolute Gasteiger partial charge is 0.494 e. The molecule has 0 bridgehead atoms. The number of rotatable bonds is 6. The molecular formula is C24H20Cl2N4O2. The Balaban J connectivity index is 1.73. The Morgan fingerprint density at radius 2 is 1.84 bits per heavy atom. The number of amides is 1. The zero-order valence-corrected chi connectivity index (χ0v) is 19.0. The third-order valence-corrected chi connectivity index (χ3v) is 5.36. The smallest absolute Gasteiger partial charge is 0.295 e. The highest BCUT2D eigenvalue weighted by molar-refractivity contribution is 6.31. The molecule has 0 aliphatic rings. The first kappa shape index (κ1) is 21.9. The summed E-state index contributed by atoms with van der Waals surface area (Å²) >= 11 is 12.4. The monoisotopic (exact) mass is 466 g/mol. The van der Waals surface area contributed by atoms with E-state index in [0.717, 1.165) is 22.6 Å². The van der Waals surface area contributed by atoms with Gasteiger partial charge in [0.1, 0.15) is 5.75 Å². The Morgan fingerprint density at radius 3 is 2.53 bits per heavy atom. The standard InChI is InChI=1S/C24H20Cl2N4O2/c1-3-32-20-11-9-19(10-12-20)30-23(16-5-4-6-17(25)13-16)28-22(29-30)24(31)27-18-8-7-15(2)21(26)14-18/h4-14H,3H2,1-2H3,(H,27,31). The average molecular weight is 467 g/mol.